The van der Waals surface area contributed by atoms with Crippen molar-refractivity contribution in [3.8, 4) is 0 Å². The lowest BCUT2D eigenvalue weighted by atomic mass is 10.2. The van der Waals surface area contributed by atoms with E-state index in [1.807, 2.05) is 50.2 Å². The highest BCUT2D eigenvalue weighted by Crippen LogP contribution is 2.40. The van der Waals surface area contributed by atoms with Crippen molar-refractivity contribution in [1.29, 1.82) is 0 Å². The van der Waals surface area contributed by atoms with Crippen LogP contribution >= 0.6 is 11.8 Å². The molecule has 0 atom stereocenters. The first kappa shape index (κ1) is 20.8. The van der Waals surface area contributed by atoms with Crippen molar-refractivity contribution in [2.75, 3.05) is 5.75 Å². The van der Waals surface area contributed by atoms with E-state index in [1.54, 1.807) is 6.26 Å². The third-order valence-corrected chi connectivity index (χ3v) is 6.94. The quantitative estimate of drug-likeness (QED) is 0.260. The van der Waals surface area contributed by atoms with Gasteiger partial charge in [-0.2, -0.15) is 0 Å². The zero-order valence-electron chi connectivity index (χ0n) is 18.3. The molecule has 1 aliphatic rings. The van der Waals surface area contributed by atoms with Gasteiger partial charge in [0.05, 0.1) is 25.1 Å². The van der Waals surface area contributed by atoms with Gasteiger partial charge >= 0.3 is 0 Å². The van der Waals surface area contributed by atoms with Crippen LogP contribution in [0.1, 0.15) is 57.7 Å². The molecule has 0 amide bonds. The molecule has 0 aliphatic heterocycles. The third-order valence-electron chi connectivity index (χ3n) is 5.97. The minimum Gasteiger partial charge on any atom is -0.467 e. The number of aryl methyl sites for hydroxylation is 1. The summed E-state index contributed by atoms with van der Waals surface area (Å²) in [5.41, 5.74) is 3.99. The first-order chi connectivity index (χ1) is 15.6. The van der Waals surface area contributed by atoms with Gasteiger partial charge in [0.1, 0.15) is 11.6 Å². The molecule has 1 fully saturated rings. The predicted octanol–water partition coefficient (Wildman–Crippen LogP) is 5.24. The van der Waals surface area contributed by atoms with Crippen LogP contribution in [-0.4, -0.2) is 30.9 Å². The molecule has 1 saturated carbocycles. The summed E-state index contributed by atoms with van der Waals surface area (Å²) in [7, 11) is 0. The maximum Gasteiger partial charge on any atom is 0.191 e. The summed E-state index contributed by atoms with van der Waals surface area (Å²) < 4.78 is 9.79. The Bertz CT molecular complexity index is 1220. The number of hydrogen-bond acceptors (Lipinski definition) is 5. The van der Waals surface area contributed by atoms with Crippen molar-refractivity contribution in [3.63, 3.8) is 0 Å². The Morgan fingerprint density at radius 3 is 2.59 bits per heavy atom. The highest BCUT2D eigenvalue weighted by Gasteiger charge is 2.30. The summed E-state index contributed by atoms with van der Waals surface area (Å²) in [6.45, 7) is 5.38. The van der Waals surface area contributed by atoms with Crippen molar-refractivity contribution < 1.29 is 9.21 Å². The molecule has 0 radical (unpaired) electrons. The number of furan rings is 1. The first-order valence-corrected chi connectivity index (χ1v) is 11.9. The van der Waals surface area contributed by atoms with Crippen molar-refractivity contribution in [2.45, 2.75) is 50.9 Å². The van der Waals surface area contributed by atoms with Crippen LogP contribution < -0.4 is 0 Å². The Labute approximate surface area is 191 Å². The van der Waals surface area contributed by atoms with Gasteiger partial charge in [-0.25, -0.2) is 0 Å². The number of thioether (sulfide) groups is 1. The summed E-state index contributed by atoms with van der Waals surface area (Å²) in [5, 5.41) is 9.72. The number of aromatic nitrogens is 4. The van der Waals surface area contributed by atoms with Crippen LogP contribution in [0.5, 0.6) is 0 Å². The van der Waals surface area contributed by atoms with E-state index in [0.29, 0.717) is 18.2 Å². The maximum absolute atomic E-state index is 13.1. The van der Waals surface area contributed by atoms with Crippen LogP contribution in [0.15, 0.2) is 64.4 Å². The summed E-state index contributed by atoms with van der Waals surface area (Å²) in [5.74, 6) is 2.86. The van der Waals surface area contributed by atoms with Gasteiger partial charge in [0, 0.05) is 22.9 Å². The summed E-state index contributed by atoms with van der Waals surface area (Å²) in [6.07, 6.45) is 4.00. The monoisotopic (exact) mass is 446 g/mol. The van der Waals surface area contributed by atoms with Crippen LogP contribution in [0.25, 0.3) is 0 Å². The molecule has 1 aliphatic carbocycles. The number of rotatable bonds is 9. The highest BCUT2D eigenvalue weighted by molar-refractivity contribution is 7.99. The molecule has 0 bridgehead atoms. The summed E-state index contributed by atoms with van der Waals surface area (Å²) >= 11 is 1.48. The molecule has 32 heavy (non-hydrogen) atoms. The summed E-state index contributed by atoms with van der Waals surface area (Å²) in [4.78, 5) is 13.1. The largest absolute Gasteiger partial charge is 0.467 e. The lowest BCUT2D eigenvalue weighted by molar-refractivity contribution is 0.102. The molecular weight excluding hydrogens is 420 g/mol. The molecular formula is C25H26N4O2S. The number of hydrogen-bond donors (Lipinski definition) is 0. The van der Waals surface area contributed by atoms with Crippen molar-refractivity contribution in [3.05, 3.63) is 88.9 Å². The third kappa shape index (κ3) is 4.30. The molecule has 0 spiro atoms. The van der Waals surface area contributed by atoms with Crippen LogP contribution in [0.3, 0.4) is 0 Å². The molecule has 164 valence electrons. The zero-order chi connectivity index (χ0) is 22.1. The van der Waals surface area contributed by atoms with E-state index in [9.17, 15) is 4.79 Å². The minimum atomic E-state index is 0.107. The lowest BCUT2D eigenvalue weighted by Crippen LogP contribution is -2.09. The van der Waals surface area contributed by atoms with E-state index in [1.165, 1.54) is 17.3 Å². The molecule has 3 aromatic heterocycles. The Hall–Kier alpha value is -3.06. The molecule has 0 saturated heterocycles. The van der Waals surface area contributed by atoms with Crippen molar-refractivity contribution in [1.82, 2.24) is 19.3 Å². The molecule has 3 heterocycles. The van der Waals surface area contributed by atoms with Gasteiger partial charge in [0.2, 0.25) is 0 Å². The average Bonchev–Trinajstić information content (AvgIpc) is 3.24. The van der Waals surface area contributed by atoms with Crippen LogP contribution in [0.4, 0.5) is 0 Å². The molecule has 1 aromatic carbocycles. The number of carbonyl (C=O) groups excluding carboxylic acids is 1. The Morgan fingerprint density at radius 2 is 1.88 bits per heavy atom. The molecule has 0 unspecified atom stereocenters. The molecule has 0 N–H and O–H groups in total. The van der Waals surface area contributed by atoms with E-state index in [0.717, 1.165) is 53.1 Å². The van der Waals surface area contributed by atoms with Crippen molar-refractivity contribution in [2.24, 2.45) is 0 Å². The lowest BCUT2D eigenvalue weighted by Gasteiger charge is -2.10. The van der Waals surface area contributed by atoms with E-state index >= 15 is 0 Å². The molecule has 6 nitrogen and oxygen atoms in total. The van der Waals surface area contributed by atoms with Gasteiger partial charge in [-0.1, -0.05) is 42.1 Å². The highest BCUT2D eigenvalue weighted by atomic mass is 32.2. The number of benzene rings is 1. The Balaban J connectivity index is 1.32. The van der Waals surface area contributed by atoms with Crippen molar-refractivity contribution >= 4 is 17.5 Å². The van der Waals surface area contributed by atoms with Gasteiger partial charge in [0.15, 0.2) is 10.9 Å². The second kappa shape index (κ2) is 8.82. The fourth-order valence-corrected chi connectivity index (χ4v) is 4.89. The summed E-state index contributed by atoms with van der Waals surface area (Å²) in [6, 6.07) is 16.2. The number of nitrogens with zero attached hydrogens (tertiary/aromatic N) is 4. The number of ketones is 1. The van der Waals surface area contributed by atoms with Gasteiger partial charge in [-0.15, -0.1) is 10.2 Å². The zero-order valence-corrected chi connectivity index (χ0v) is 19.1. The Kier molecular flexibility index (Phi) is 5.74. The SMILES string of the molecule is Cc1cc(C(=O)CSc2nnc(C3CC3)n2Cc2ccccc2)c(C)n1Cc1ccco1. The fraction of sp³-hybridized carbons (Fsp3) is 0.320. The minimum absolute atomic E-state index is 0.107. The smallest absolute Gasteiger partial charge is 0.191 e. The number of carbonyl (C=O) groups is 1. The first-order valence-electron chi connectivity index (χ1n) is 10.9. The van der Waals surface area contributed by atoms with Gasteiger partial charge in [0.25, 0.3) is 0 Å². The maximum atomic E-state index is 13.1. The van der Waals surface area contributed by atoms with Gasteiger partial charge < -0.3 is 13.6 Å². The van der Waals surface area contributed by atoms with Crippen LogP contribution in [0.2, 0.25) is 0 Å². The topological polar surface area (TPSA) is 65.8 Å². The number of Topliss-reactive ketones (excluding diaryl/α,β-unsaturated/α-hetero) is 1. The second-order valence-electron chi connectivity index (χ2n) is 8.35. The molecule has 5 rings (SSSR count). The second-order valence-corrected chi connectivity index (χ2v) is 9.29. The normalized spacial score (nSPS) is 13.6. The van der Waals surface area contributed by atoms with E-state index < -0.39 is 0 Å². The van der Waals surface area contributed by atoms with E-state index in [-0.39, 0.29) is 5.78 Å². The Morgan fingerprint density at radius 1 is 1.06 bits per heavy atom. The van der Waals surface area contributed by atoms with E-state index in [4.69, 9.17) is 4.42 Å². The van der Waals surface area contributed by atoms with E-state index in [2.05, 4.69) is 31.5 Å². The van der Waals surface area contributed by atoms with Gasteiger partial charge in [-0.3, -0.25) is 4.79 Å². The van der Waals surface area contributed by atoms with Crippen LogP contribution in [0, 0.1) is 13.8 Å². The average molecular weight is 447 g/mol. The molecule has 4 aromatic rings. The fourth-order valence-electron chi connectivity index (χ4n) is 4.06. The van der Waals surface area contributed by atoms with Crippen LogP contribution in [-0.2, 0) is 13.1 Å². The predicted molar refractivity (Wildman–Crippen MR) is 124 cm³/mol. The molecule has 7 heteroatoms. The van der Waals surface area contributed by atoms with Gasteiger partial charge in [-0.05, 0) is 50.5 Å². The standard InChI is InChI=1S/C25H26N4O2S/c1-17-13-22(18(2)28(17)15-21-9-6-12-31-21)23(30)16-32-25-27-26-24(20-10-11-20)29(25)14-19-7-4-3-5-8-19/h3-9,12-13,20H,10-11,14-16H2,1-2H3.